The first-order valence-electron chi connectivity index (χ1n) is 40.1. The molecule has 0 saturated heterocycles. The molecule has 0 aliphatic carbocycles. The van der Waals surface area contributed by atoms with E-state index in [0.717, 1.165) is 154 Å². The van der Waals surface area contributed by atoms with Gasteiger partial charge in [0.05, 0.1) is 33.4 Å². The fraction of sp³-hybridized carbons (Fsp3) is 0.243. The van der Waals surface area contributed by atoms with Crippen molar-refractivity contribution >= 4 is 101 Å². The molecule has 0 bridgehead atoms. The van der Waals surface area contributed by atoms with Gasteiger partial charge >= 0.3 is 0 Å². The van der Waals surface area contributed by atoms with Gasteiger partial charge < -0.3 is 18.9 Å². The zero-order valence-corrected chi connectivity index (χ0v) is 65.8. The van der Waals surface area contributed by atoms with Crippen LogP contribution in [0.15, 0.2) is 279 Å². The third-order valence-corrected chi connectivity index (χ3v) is 21.7. The maximum atomic E-state index is 10.8. The van der Waals surface area contributed by atoms with Crippen LogP contribution in [0.1, 0.15) is 134 Å². The monoisotopic (exact) mass is 1410 g/mol. The minimum absolute atomic E-state index is 0.0919. The van der Waals surface area contributed by atoms with Crippen LogP contribution in [-0.2, 0) is 32.1 Å². The average molecular weight is 1410 g/mol. The summed E-state index contributed by atoms with van der Waals surface area (Å²) >= 11 is 0. The van der Waals surface area contributed by atoms with Crippen molar-refractivity contribution in [1.82, 2.24) is 9.13 Å². The quantitative estimate of drug-likeness (QED) is 0.107. The standard InChI is InChI=1S/C103H101BN4/c1-99(2,3)62-67-36-48-88-82(52-67)83-53-68(63-100(4,5)6)37-49-89(83)105(88)78-42-46-86-94(60-78)107(92-58-76(72-28-20-16-21-29-72)40-44-80(92)74-32-24-18-25-33-74)96-56-71(66-103(13,14)15)57-97-98(96)104(86)87-47-43-79(61-95(87)108(97)93-59-77(73-30-22-17-23-31-73)41-45-81(93)75-34-26-19-27-35-75)106-90-50-38-69(64-101(7,8)9)54-84(90)85-55-70(39-51-91(85)106)65-102(10,11)12/h16-61H,62-66H2,1-15H3/i66D2. The topological polar surface area (TPSA) is 16.3 Å². The third kappa shape index (κ3) is 13.5. The molecule has 2 aliphatic rings. The number of benzene rings is 13. The maximum Gasteiger partial charge on any atom is 0.252 e. The van der Waals surface area contributed by atoms with Gasteiger partial charge in [0.25, 0.3) is 6.71 Å². The Balaban J connectivity index is 1.02. The Morgan fingerprint density at radius 3 is 0.880 bits per heavy atom. The van der Waals surface area contributed by atoms with Crippen LogP contribution in [0.25, 0.3) is 99.5 Å². The lowest BCUT2D eigenvalue weighted by Crippen LogP contribution is -2.61. The Morgan fingerprint density at radius 2 is 0.574 bits per heavy atom. The second-order valence-electron chi connectivity index (χ2n) is 36.8. The summed E-state index contributed by atoms with van der Waals surface area (Å²) in [5, 5.41) is 5.00. The van der Waals surface area contributed by atoms with Gasteiger partial charge in [0, 0.05) is 69.5 Å². The molecular formula is C103H101BN4. The maximum absolute atomic E-state index is 10.8. The number of anilines is 6. The molecule has 0 fully saturated rings. The van der Waals surface area contributed by atoms with E-state index in [1.807, 2.05) is 0 Å². The zero-order valence-electron chi connectivity index (χ0n) is 67.8. The smallest absolute Gasteiger partial charge is 0.252 e. The summed E-state index contributed by atoms with van der Waals surface area (Å²) in [4.78, 5) is 5.11. The molecular weight excluding hydrogens is 1300 g/mol. The first-order chi connectivity index (χ1) is 52.4. The predicted molar refractivity (Wildman–Crippen MR) is 467 cm³/mol. The average Bonchev–Trinajstić information content (AvgIpc) is 0.701. The molecule has 2 aliphatic heterocycles. The van der Waals surface area contributed by atoms with E-state index in [0.29, 0.717) is 5.56 Å². The van der Waals surface area contributed by atoms with E-state index in [1.54, 1.807) is 0 Å². The number of nitrogens with zero attached hydrogens (tertiary/aromatic N) is 4. The number of aromatic nitrogens is 2. The normalized spacial score (nSPS) is 13.7. The molecule has 536 valence electrons. The predicted octanol–water partition coefficient (Wildman–Crippen LogP) is 26.6. The highest BCUT2D eigenvalue weighted by atomic mass is 15.2. The molecule has 0 N–H and O–H groups in total. The molecule has 0 saturated carbocycles. The second-order valence-corrected chi connectivity index (χ2v) is 36.8. The molecule has 0 spiro atoms. The SMILES string of the molecule is [2H]C([2H])(c1cc2c3c(c1)N(c1cc(-c4ccccc4)ccc1-c1ccccc1)c1cc(-n4c5ccc(CC(C)(C)C)cc5c5cc(CC(C)(C)C)ccc54)ccc1B3c1ccc(-n3c4ccc(CC(C)(C)C)cc4c4cc(CC(C)(C)C)ccc43)cc1N2c1cc(-c2ccccc2)ccc1-c1ccccc1)C(C)(C)C. The summed E-state index contributed by atoms with van der Waals surface area (Å²) < 4.78 is 26.6. The Bertz CT molecular complexity index is 5580. The van der Waals surface area contributed by atoms with Gasteiger partial charge in [0.15, 0.2) is 0 Å². The molecule has 0 atom stereocenters. The van der Waals surface area contributed by atoms with Gasteiger partial charge in [-0.3, -0.25) is 0 Å². The summed E-state index contributed by atoms with van der Waals surface area (Å²) in [6, 6.07) is 105. The van der Waals surface area contributed by atoms with E-state index >= 15 is 0 Å². The van der Waals surface area contributed by atoms with Crippen molar-refractivity contribution in [3.63, 3.8) is 0 Å². The highest BCUT2D eigenvalue weighted by Crippen LogP contribution is 2.52. The van der Waals surface area contributed by atoms with Crippen LogP contribution >= 0.6 is 0 Å². The summed E-state index contributed by atoms with van der Waals surface area (Å²) in [6.45, 7) is 33.9. The molecule has 0 amide bonds. The van der Waals surface area contributed by atoms with Crippen molar-refractivity contribution in [2.45, 2.75) is 136 Å². The van der Waals surface area contributed by atoms with Gasteiger partial charge in [0.1, 0.15) is 0 Å². The Labute approximate surface area is 644 Å². The van der Waals surface area contributed by atoms with Crippen molar-refractivity contribution in [2.24, 2.45) is 27.1 Å². The molecule has 4 heterocycles. The molecule has 0 unspecified atom stereocenters. The highest BCUT2D eigenvalue weighted by molar-refractivity contribution is 7.00. The molecule has 108 heavy (non-hydrogen) atoms. The minimum Gasteiger partial charge on any atom is -0.311 e. The number of hydrogen-bond acceptors (Lipinski definition) is 2. The molecule has 4 nitrogen and oxygen atoms in total. The van der Waals surface area contributed by atoms with Crippen LogP contribution in [0.2, 0.25) is 0 Å². The summed E-state index contributed by atoms with van der Waals surface area (Å²) in [6.07, 6.45) is 1.96. The Hall–Kier alpha value is -10.9. The van der Waals surface area contributed by atoms with Crippen molar-refractivity contribution in [3.8, 4) is 55.9 Å². The second kappa shape index (κ2) is 26.5. The number of hydrogen-bond donors (Lipinski definition) is 0. The molecule has 2 aromatic heterocycles. The molecule has 0 radical (unpaired) electrons. The third-order valence-electron chi connectivity index (χ3n) is 21.7. The van der Waals surface area contributed by atoms with Crippen molar-refractivity contribution in [1.29, 1.82) is 0 Å². The summed E-state index contributed by atoms with van der Waals surface area (Å²) in [5.74, 6) is 0. The highest BCUT2D eigenvalue weighted by Gasteiger charge is 2.45. The van der Waals surface area contributed by atoms with Gasteiger partial charge in [-0.25, -0.2) is 0 Å². The van der Waals surface area contributed by atoms with E-state index in [9.17, 15) is 2.74 Å². The minimum atomic E-state index is -1.86. The lowest BCUT2D eigenvalue weighted by Gasteiger charge is -2.45. The van der Waals surface area contributed by atoms with E-state index < -0.39 is 11.8 Å². The lowest BCUT2D eigenvalue weighted by atomic mass is 9.33. The summed E-state index contributed by atoms with van der Waals surface area (Å²) in [7, 11) is 0. The first kappa shape index (κ1) is 67.7. The lowest BCUT2D eigenvalue weighted by molar-refractivity contribution is 0.411. The summed E-state index contributed by atoms with van der Waals surface area (Å²) in [5.41, 5.74) is 30.2. The van der Waals surface area contributed by atoms with Gasteiger partial charge in [-0.05, 0) is 234 Å². The Kier molecular flexibility index (Phi) is 16.6. The van der Waals surface area contributed by atoms with Crippen LogP contribution in [0.5, 0.6) is 0 Å². The zero-order chi connectivity index (χ0) is 76.7. The van der Waals surface area contributed by atoms with E-state index in [-0.39, 0.29) is 28.4 Å². The van der Waals surface area contributed by atoms with Crippen LogP contribution in [-0.4, -0.2) is 15.8 Å². The van der Waals surface area contributed by atoms with Gasteiger partial charge in [-0.2, -0.15) is 0 Å². The molecule has 13 aromatic carbocycles. The van der Waals surface area contributed by atoms with Crippen molar-refractivity contribution in [3.05, 3.63) is 307 Å². The van der Waals surface area contributed by atoms with Crippen LogP contribution in [0.4, 0.5) is 34.1 Å². The van der Waals surface area contributed by atoms with Gasteiger partial charge in [-0.1, -0.05) is 286 Å². The molecule has 15 aromatic rings. The largest absolute Gasteiger partial charge is 0.311 e. The van der Waals surface area contributed by atoms with Crippen molar-refractivity contribution < 1.29 is 2.74 Å². The van der Waals surface area contributed by atoms with E-state index in [2.05, 4.69) is 402 Å². The van der Waals surface area contributed by atoms with Crippen LogP contribution < -0.4 is 26.2 Å². The molecule has 17 rings (SSSR count). The van der Waals surface area contributed by atoms with Crippen LogP contribution in [0, 0.1) is 27.1 Å². The van der Waals surface area contributed by atoms with Gasteiger partial charge in [0.2, 0.25) is 0 Å². The first-order valence-corrected chi connectivity index (χ1v) is 39.1. The fourth-order valence-electron chi connectivity index (χ4n) is 17.7. The number of rotatable bonds is 13. The van der Waals surface area contributed by atoms with Gasteiger partial charge in [-0.15, -0.1) is 0 Å². The fourth-order valence-corrected chi connectivity index (χ4v) is 17.7. The number of fused-ring (bicyclic) bond motifs is 10. The van der Waals surface area contributed by atoms with E-state index in [4.69, 9.17) is 0 Å². The van der Waals surface area contributed by atoms with Crippen LogP contribution in [0.3, 0.4) is 0 Å². The Morgan fingerprint density at radius 1 is 0.259 bits per heavy atom. The van der Waals surface area contributed by atoms with E-state index in [1.165, 1.54) is 43.8 Å². The van der Waals surface area contributed by atoms with Crippen molar-refractivity contribution in [2.75, 3.05) is 9.80 Å². The molecule has 5 heteroatoms.